The van der Waals surface area contributed by atoms with Crippen molar-refractivity contribution in [3.63, 3.8) is 0 Å². The standard InChI is InChI=1S/C14H23N5OS/c1-2-12-17-14-11(4-3-6-19(14)18-12)16-13(20)8-10-9-21-7-5-15-10/h10-11,15H,2-9H2,1H3,(H,16,20). The van der Waals surface area contributed by atoms with Crippen molar-refractivity contribution in [1.82, 2.24) is 25.4 Å². The minimum absolute atomic E-state index is 0.0234. The Morgan fingerprint density at radius 3 is 3.24 bits per heavy atom. The van der Waals surface area contributed by atoms with Gasteiger partial charge in [0.15, 0.2) is 5.82 Å². The molecule has 2 aliphatic rings. The molecule has 0 bridgehead atoms. The number of amides is 1. The molecule has 0 aromatic carbocycles. The van der Waals surface area contributed by atoms with E-state index in [9.17, 15) is 4.79 Å². The highest BCUT2D eigenvalue weighted by molar-refractivity contribution is 7.99. The lowest BCUT2D eigenvalue weighted by Crippen LogP contribution is -2.42. The van der Waals surface area contributed by atoms with Crippen LogP contribution >= 0.6 is 11.8 Å². The van der Waals surface area contributed by atoms with Gasteiger partial charge in [-0.25, -0.2) is 9.67 Å². The quantitative estimate of drug-likeness (QED) is 0.864. The number of thioether (sulfide) groups is 1. The van der Waals surface area contributed by atoms with E-state index in [0.29, 0.717) is 12.5 Å². The molecule has 116 valence electrons. The molecule has 3 heterocycles. The Kier molecular flexibility index (Phi) is 4.80. The lowest BCUT2D eigenvalue weighted by atomic mass is 10.1. The van der Waals surface area contributed by atoms with Crippen LogP contribution < -0.4 is 10.6 Å². The van der Waals surface area contributed by atoms with E-state index < -0.39 is 0 Å². The van der Waals surface area contributed by atoms with Crippen LogP contribution in [0.15, 0.2) is 0 Å². The second-order valence-electron chi connectivity index (χ2n) is 5.66. The molecule has 1 aromatic heterocycles. The molecule has 2 atom stereocenters. The Labute approximate surface area is 129 Å². The van der Waals surface area contributed by atoms with Crippen LogP contribution in [0.25, 0.3) is 0 Å². The van der Waals surface area contributed by atoms with E-state index in [-0.39, 0.29) is 11.9 Å². The molecule has 0 radical (unpaired) electrons. The Morgan fingerprint density at radius 1 is 1.57 bits per heavy atom. The monoisotopic (exact) mass is 309 g/mol. The third kappa shape index (κ3) is 3.58. The number of hydrogen-bond acceptors (Lipinski definition) is 5. The average Bonchev–Trinajstić information content (AvgIpc) is 2.92. The van der Waals surface area contributed by atoms with Gasteiger partial charge < -0.3 is 10.6 Å². The van der Waals surface area contributed by atoms with Gasteiger partial charge in [0, 0.05) is 43.5 Å². The summed E-state index contributed by atoms with van der Waals surface area (Å²) in [5.41, 5.74) is 0. The summed E-state index contributed by atoms with van der Waals surface area (Å²) < 4.78 is 1.96. The molecule has 1 aromatic rings. The van der Waals surface area contributed by atoms with Gasteiger partial charge in [-0.15, -0.1) is 0 Å². The maximum Gasteiger partial charge on any atom is 0.222 e. The Balaban J connectivity index is 1.60. The topological polar surface area (TPSA) is 71.8 Å². The Hall–Kier alpha value is -1.08. The van der Waals surface area contributed by atoms with E-state index >= 15 is 0 Å². The normalized spacial score (nSPS) is 25.4. The zero-order valence-electron chi connectivity index (χ0n) is 12.5. The van der Waals surface area contributed by atoms with Gasteiger partial charge in [0.1, 0.15) is 5.82 Å². The lowest BCUT2D eigenvalue weighted by Gasteiger charge is -2.26. The molecule has 1 amide bonds. The van der Waals surface area contributed by atoms with Crippen molar-refractivity contribution in [3.05, 3.63) is 11.6 Å². The fraction of sp³-hybridized carbons (Fsp3) is 0.786. The predicted molar refractivity (Wildman–Crippen MR) is 83.3 cm³/mol. The first kappa shape index (κ1) is 14.8. The molecule has 3 rings (SSSR count). The van der Waals surface area contributed by atoms with Gasteiger partial charge in [0.05, 0.1) is 6.04 Å². The fourth-order valence-corrected chi connectivity index (χ4v) is 3.86. The second-order valence-corrected chi connectivity index (χ2v) is 6.81. The summed E-state index contributed by atoms with van der Waals surface area (Å²) in [6.07, 6.45) is 3.39. The molecule has 1 saturated heterocycles. The number of fused-ring (bicyclic) bond motifs is 1. The minimum atomic E-state index is 0.0234. The number of rotatable bonds is 4. The van der Waals surface area contributed by atoms with Gasteiger partial charge in [0.2, 0.25) is 5.91 Å². The van der Waals surface area contributed by atoms with Crippen molar-refractivity contribution in [2.75, 3.05) is 18.1 Å². The highest BCUT2D eigenvalue weighted by Crippen LogP contribution is 2.23. The zero-order valence-corrected chi connectivity index (χ0v) is 13.3. The van der Waals surface area contributed by atoms with Gasteiger partial charge in [-0.1, -0.05) is 6.92 Å². The number of carbonyl (C=O) groups excluding carboxylic acids is 1. The van der Waals surface area contributed by atoms with Gasteiger partial charge in [-0.3, -0.25) is 4.79 Å². The minimum Gasteiger partial charge on any atom is -0.346 e. The number of nitrogens with one attached hydrogen (secondary N) is 2. The second kappa shape index (κ2) is 6.79. The van der Waals surface area contributed by atoms with E-state index in [1.165, 1.54) is 0 Å². The first-order valence-electron chi connectivity index (χ1n) is 7.80. The first-order chi connectivity index (χ1) is 10.3. The van der Waals surface area contributed by atoms with Crippen LogP contribution in [0.1, 0.15) is 43.9 Å². The van der Waals surface area contributed by atoms with E-state index in [0.717, 1.165) is 55.5 Å². The maximum absolute atomic E-state index is 12.2. The Bertz CT molecular complexity index is 498. The summed E-state index contributed by atoms with van der Waals surface area (Å²) in [5.74, 6) is 4.08. The van der Waals surface area contributed by atoms with Crippen molar-refractivity contribution in [2.45, 2.75) is 51.2 Å². The molecular formula is C14H23N5OS. The molecule has 21 heavy (non-hydrogen) atoms. The molecular weight excluding hydrogens is 286 g/mol. The van der Waals surface area contributed by atoms with E-state index in [4.69, 9.17) is 0 Å². The molecule has 2 aliphatic heterocycles. The molecule has 0 spiro atoms. The molecule has 0 saturated carbocycles. The summed E-state index contributed by atoms with van der Waals surface area (Å²) in [6.45, 7) is 3.97. The summed E-state index contributed by atoms with van der Waals surface area (Å²) in [5, 5.41) is 11.0. The van der Waals surface area contributed by atoms with Gasteiger partial charge in [-0.05, 0) is 12.8 Å². The fourth-order valence-electron chi connectivity index (χ4n) is 2.91. The number of aryl methyl sites for hydroxylation is 2. The van der Waals surface area contributed by atoms with Crippen LogP contribution in [-0.2, 0) is 17.8 Å². The van der Waals surface area contributed by atoms with Crippen LogP contribution in [0, 0.1) is 0 Å². The largest absolute Gasteiger partial charge is 0.346 e. The van der Waals surface area contributed by atoms with E-state index in [1.54, 1.807) is 0 Å². The zero-order chi connectivity index (χ0) is 14.7. The van der Waals surface area contributed by atoms with Crippen LogP contribution in [0.2, 0.25) is 0 Å². The van der Waals surface area contributed by atoms with Crippen molar-refractivity contribution in [1.29, 1.82) is 0 Å². The SMILES string of the molecule is CCc1nc2n(n1)CCCC2NC(=O)CC1CSCCN1. The molecule has 0 aliphatic carbocycles. The lowest BCUT2D eigenvalue weighted by molar-refractivity contribution is -0.122. The van der Waals surface area contributed by atoms with Crippen LogP contribution in [0.4, 0.5) is 0 Å². The van der Waals surface area contributed by atoms with Crippen molar-refractivity contribution < 1.29 is 4.79 Å². The number of carbonyl (C=O) groups is 1. The summed E-state index contributed by atoms with van der Waals surface area (Å²) in [4.78, 5) is 16.8. The average molecular weight is 309 g/mol. The van der Waals surface area contributed by atoms with Gasteiger partial charge in [0.25, 0.3) is 0 Å². The number of hydrogen-bond donors (Lipinski definition) is 2. The van der Waals surface area contributed by atoms with Gasteiger partial charge in [-0.2, -0.15) is 16.9 Å². The highest BCUT2D eigenvalue weighted by Gasteiger charge is 2.26. The summed E-state index contributed by atoms with van der Waals surface area (Å²) >= 11 is 1.92. The van der Waals surface area contributed by atoms with Gasteiger partial charge >= 0.3 is 0 Å². The van der Waals surface area contributed by atoms with E-state index in [1.807, 2.05) is 16.4 Å². The molecule has 7 heteroatoms. The van der Waals surface area contributed by atoms with Crippen LogP contribution in [-0.4, -0.2) is 44.8 Å². The third-order valence-corrected chi connectivity index (χ3v) is 5.13. The molecule has 2 unspecified atom stereocenters. The van der Waals surface area contributed by atoms with Crippen LogP contribution in [0.3, 0.4) is 0 Å². The molecule has 1 fully saturated rings. The predicted octanol–water partition coefficient (Wildman–Crippen LogP) is 0.887. The molecule has 2 N–H and O–H groups in total. The van der Waals surface area contributed by atoms with Crippen molar-refractivity contribution in [3.8, 4) is 0 Å². The third-order valence-electron chi connectivity index (χ3n) is 4.00. The first-order valence-corrected chi connectivity index (χ1v) is 8.96. The van der Waals surface area contributed by atoms with Crippen molar-refractivity contribution in [2.24, 2.45) is 0 Å². The maximum atomic E-state index is 12.2. The van der Waals surface area contributed by atoms with Crippen molar-refractivity contribution >= 4 is 17.7 Å². The van der Waals surface area contributed by atoms with Crippen LogP contribution in [0.5, 0.6) is 0 Å². The molecule has 6 nitrogen and oxygen atoms in total. The van der Waals surface area contributed by atoms with E-state index in [2.05, 4.69) is 27.6 Å². The Morgan fingerprint density at radius 2 is 2.48 bits per heavy atom. The number of aromatic nitrogens is 3. The summed E-state index contributed by atoms with van der Waals surface area (Å²) in [7, 11) is 0. The summed E-state index contributed by atoms with van der Waals surface area (Å²) in [6, 6.07) is 0.326. The number of nitrogens with zero attached hydrogens (tertiary/aromatic N) is 3. The smallest absolute Gasteiger partial charge is 0.222 e. The highest BCUT2D eigenvalue weighted by atomic mass is 32.2.